The van der Waals surface area contributed by atoms with E-state index in [0.29, 0.717) is 5.56 Å². The van der Waals surface area contributed by atoms with Gasteiger partial charge in [-0.15, -0.1) is 0 Å². The summed E-state index contributed by atoms with van der Waals surface area (Å²) in [5, 5.41) is -0.435. The van der Waals surface area contributed by atoms with Crippen LogP contribution in [0, 0.1) is 0 Å². The van der Waals surface area contributed by atoms with Gasteiger partial charge in [-0.2, -0.15) is 13.2 Å². The molecule has 1 aliphatic rings. The lowest BCUT2D eigenvalue weighted by Crippen LogP contribution is -2.17. The zero-order valence-electron chi connectivity index (χ0n) is 8.23. The van der Waals surface area contributed by atoms with Crippen molar-refractivity contribution in [2.75, 3.05) is 7.05 Å². The van der Waals surface area contributed by atoms with Crippen molar-refractivity contribution in [3.8, 4) is 0 Å². The number of alkyl halides is 3. The van der Waals surface area contributed by atoms with Crippen LogP contribution < -0.4 is 0 Å². The molecule has 6 heteroatoms. The maximum atomic E-state index is 12.5. The molecule has 2 rings (SSSR count). The lowest BCUT2D eigenvalue weighted by Gasteiger charge is -2.09. The van der Waals surface area contributed by atoms with E-state index in [2.05, 4.69) is 0 Å². The largest absolute Gasteiger partial charge is 0.417 e. The minimum Gasteiger partial charge on any atom is -0.337 e. The van der Waals surface area contributed by atoms with Gasteiger partial charge in [0.1, 0.15) is 0 Å². The van der Waals surface area contributed by atoms with E-state index in [4.69, 9.17) is 11.6 Å². The number of fused-ring (bicyclic) bond motifs is 1. The van der Waals surface area contributed by atoms with Crippen LogP contribution in [-0.4, -0.2) is 17.9 Å². The summed E-state index contributed by atoms with van der Waals surface area (Å²) < 4.78 is 37.6. The Morgan fingerprint density at radius 2 is 2.00 bits per heavy atom. The van der Waals surface area contributed by atoms with Crippen LogP contribution in [-0.2, 0) is 12.7 Å². The fourth-order valence-corrected chi connectivity index (χ4v) is 1.97. The summed E-state index contributed by atoms with van der Waals surface area (Å²) in [5.74, 6) is -0.300. The molecule has 0 unspecified atom stereocenters. The topological polar surface area (TPSA) is 20.3 Å². The molecule has 16 heavy (non-hydrogen) atoms. The van der Waals surface area contributed by atoms with Crippen molar-refractivity contribution in [3.05, 3.63) is 33.8 Å². The molecule has 0 radical (unpaired) electrons. The van der Waals surface area contributed by atoms with Gasteiger partial charge in [0.15, 0.2) is 0 Å². The number of nitrogens with zero attached hydrogens (tertiary/aromatic N) is 1. The lowest BCUT2D eigenvalue weighted by molar-refractivity contribution is -0.137. The van der Waals surface area contributed by atoms with Crippen LogP contribution in [0.3, 0.4) is 0 Å². The molecule has 1 aliphatic heterocycles. The summed E-state index contributed by atoms with van der Waals surface area (Å²) in [6.45, 7) is 0.189. The van der Waals surface area contributed by atoms with Crippen LogP contribution in [0.5, 0.6) is 0 Å². The Bertz CT molecular complexity index is 470. The van der Waals surface area contributed by atoms with Gasteiger partial charge in [0.2, 0.25) is 0 Å². The van der Waals surface area contributed by atoms with Crippen LogP contribution in [0.1, 0.15) is 21.5 Å². The molecule has 1 aromatic rings. The van der Waals surface area contributed by atoms with Gasteiger partial charge < -0.3 is 4.90 Å². The van der Waals surface area contributed by atoms with E-state index in [1.165, 1.54) is 11.9 Å². The first-order valence-electron chi connectivity index (χ1n) is 4.46. The van der Waals surface area contributed by atoms with Gasteiger partial charge in [-0.05, 0) is 17.7 Å². The van der Waals surface area contributed by atoms with Crippen molar-refractivity contribution in [2.45, 2.75) is 12.7 Å². The Morgan fingerprint density at radius 3 is 2.56 bits per heavy atom. The Balaban J connectivity index is 2.58. The molecular weight excluding hydrogens is 243 g/mol. The average molecular weight is 250 g/mol. The predicted molar refractivity (Wildman–Crippen MR) is 52.3 cm³/mol. The van der Waals surface area contributed by atoms with E-state index in [0.717, 1.165) is 12.1 Å². The lowest BCUT2D eigenvalue weighted by atomic mass is 10.1. The molecule has 0 saturated carbocycles. The van der Waals surface area contributed by atoms with Gasteiger partial charge in [-0.1, -0.05) is 11.6 Å². The molecule has 0 aromatic heterocycles. The van der Waals surface area contributed by atoms with Crippen molar-refractivity contribution >= 4 is 17.5 Å². The van der Waals surface area contributed by atoms with E-state index >= 15 is 0 Å². The van der Waals surface area contributed by atoms with E-state index in [1.54, 1.807) is 0 Å². The van der Waals surface area contributed by atoms with Crippen LogP contribution in [0.2, 0.25) is 5.02 Å². The van der Waals surface area contributed by atoms with E-state index in [-0.39, 0.29) is 18.0 Å². The Kier molecular flexibility index (Phi) is 2.38. The van der Waals surface area contributed by atoms with Crippen molar-refractivity contribution < 1.29 is 18.0 Å². The number of carbonyl (C=O) groups is 1. The normalized spacial score (nSPS) is 15.6. The summed E-state index contributed by atoms with van der Waals surface area (Å²) in [7, 11) is 1.53. The maximum absolute atomic E-state index is 12.5. The number of hydrogen-bond acceptors (Lipinski definition) is 1. The molecule has 1 heterocycles. The van der Waals surface area contributed by atoms with Crippen LogP contribution >= 0.6 is 11.6 Å². The van der Waals surface area contributed by atoms with E-state index < -0.39 is 16.8 Å². The first-order chi connectivity index (χ1) is 7.30. The molecular formula is C10H7ClF3NO. The number of halogens is 4. The summed E-state index contributed by atoms with van der Waals surface area (Å²) >= 11 is 5.51. The predicted octanol–water partition coefficient (Wildman–Crippen LogP) is 2.94. The third-order valence-corrected chi connectivity index (χ3v) is 2.80. The van der Waals surface area contributed by atoms with Crippen LogP contribution in [0.15, 0.2) is 12.1 Å². The molecule has 1 amide bonds. The Morgan fingerprint density at radius 1 is 1.38 bits per heavy atom. The minimum absolute atomic E-state index is 0.189. The van der Waals surface area contributed by atoms with Crippen LogP contribution in [0.4, 0.5) is 13.2 Å². The monoisotopic (exact) mass is 249 g/mol. The first kappa shape index (κ1) is 11.3. The molecule has 0 atom stereocenters. The molecule has 0 spiro atoms. The maximum Gasteiger partial charge on any atom is 0.417 e. The second-order valence-electron chi connectivity index (χ2n) is 3.65. The molecule has 2 nitrogen and oxygen atoms in total. The van der Waals surface area contributed by atoms with Gasteiger partial charge in [0.05, 0.1) is 10.6 Å². The second kappa shape index (κ2) is 3.38. The van der Waals surface area contributed by atoms with Gasteiger partial charge in [0, 0.05) is 19.2 Å². The van der Waals surface area contributed by atoms with Crippen molar-refractivity contribution in [1.29, 1.82) is 0 Å². The fourth-order valence-electron chi connectivity index (χ4n) is 1.70. The third-order valence-electron chi connectivity index (χ3n) is 2.48. The number of rotatable bonds is 0. The smallest absolute Gasteiger partial charge is 0.337 e. The summed E-state index contributed by atoms with van der Waals surface area (Å²) in [5.41, 5.74) is -0.277. The molecule has 0 bridgehead atoms. The third kappa shape index (κ3) is 1.65. The van der Waals surface area contributed by atoms with Crippen molar-refractivity contribution in [1.82, 2.24) is 4.90 Å². The van der Waals surface area contributed by atoms with E-state index in [9.17, 15) is 18.0 Å². The Hall–Kier alpha value is -1.23. The summed E-state index contributed by atoms with van der Waals surface area (Å²) in [6.07, 6.45) is -4.49. The highest BCUT2D eigenvalue weighted by atomic mass is 35.5. The number of carbonyl (C=O) groups excluding carboxylic acids is 1. The molecule has 86 valence electrons. The van der Waals surface area contributed by atoms with Crippen LogP contribution in [0.25, 0.3) is 0 Å². The fraction of sp³-hybridized carbons (Fsp3) is 0.300. The summed E-state index contributed by atoms with van der Waals surface area (Å²) in [4.78, 5) is 12.8. The van der Waals surface area contributed by atoms with Gasteiger partial charge in [-0.25, -0.2) is 0 Å². The van der Waals surface area contributed by atoms with Crippen molar-refractivity contribution in [3.63, 3.8) is 0 Å². The van der Waals surface area contributed by atoms with Gasteiger partial charge in [-0.3, -0.25) is 4.79 Å². The molecule has 1 aromatic carbocycles. The highest BCUT2D eigenvalue weighted by Crippen LogP contribution is 2.38. The summed E-state index contributed by atoms with van der Waals surface area (Å²) in [6, 6.07) is 2.03. The second-order valence-corrected chi connectivity index (χ2v) is 4.06. The molecule has 0 saturated heterocycles. The molecule has 0 fully saturated rings. The number of amides is 1. The average Bonchev–Trinajstić information content (AvgIpc) is 2.41. The van der Waals surface area contributed by atoms with Crippen molar-refractivity contribution in [2.24, 2.45) is 0 Å². The standard InChI is InChI=1S/C10H7ClF3NO/c1-15-4-5-2-7(10(12,13)14)8(11)3-6(5)9(15)16/h2-3H,4H2,1H3. The highest BCUT2D eigenvalue weighted by Gasteiger charge is 2.36. The highest BCUT2D eigenvalue weighted by molar-refractivity contribution is 6.32. The van der Waals surface area contributed by atoms with E-state index in [1.807, 2.05) is 0 Å². The number of benzene rings is 1. The van der Waals surface area contributed by atoms with Gasteiger partial charge >= 0.3 is 6.18 Å². The zero-order chi connectivity index (χ0) is 12.1. The molecule has 0 aliphatic carbocycles. The SMILES string of the molecule is CN1Cc2cc(C(F)(F)F)c(Cl)cc2C1=O. The quantitative estimate of drug-likeness (QED) is 0.692. The Labute approximate surface area is 94.6 Å². The number of hydrogen-bond donors (Lipinski definition) is 0. The zero-order valence-corrected chi connectivity index (χ0v) is 8.99. The first-order valence-corrected chi connectivity index (χ1v) is 4.83. The minimum atomic E-state index is -4.49. The van der Waals surface area contributed by atoms with Gasteiger partial charge in [0.25, 0.3) is 5.91 Å². The molecule has 0 N–H and O–H groups in total.